The number of hydrogen-bond acceptors (Lipinski definition) is 3. The molecule has 56 valence electrons. The molecule has 0 spiro atoms. The molecule has 1 heterocycles. The lowest BCUT2D eigenvalue weighted by molar-refractivity contribution is -0.140. The van der Waals surface area contributed by atoms with E-state index in [4.69, 9.17) is 5.11 Å². The minimum atomic E-state index is -0.957. The fourth-order valence-corrected chi connectivity index (χ4v) is 0.748. The second-order valence-corrected chi connectivity index (χ2v) is 2.07. The molecule has 1 atom stereocenters. The molecule has 0 aromatic heterocycles. The smallest absolute Gasteiger partial charge is 0.306 e. The van der Waals surface area contributed by atoms with Crippen molar-refractivity contribution >= 4 is 11.9 Å². The van der Waals surface area contributed by atoms with E-state index in [-0.39, 0.29) is 18.7 Å². The van der Waals surface area contributed by atoms with Crippen LogP contribution in [-0.2, 0) is 14.4 Å². The third-order valence-corrected chi connectivity index (χ3v) is 1.15. The molecule has 1 rings (SSSR count). The molecule has 0 aromatic rings. The first-order valence-corrected chi connectivity index (χ1v) is 2.85. The molecule has 1 fully saturated rings. The number of carbonyl (C=O) groups is 2. The summed E-state index contributed by atoms with van der Waals surface area (Å²) < 4.78 is 0. The number of carboxylic acids is 1. The molecule has 2 N–H and O–H groups in total. The molecule has 1 aliphatic heterocycles. The van der Waals surface area contributed by atoms with Gasteiger partial charge in [0, 0.05) is 0 Å². The van der Waals surface area contributed by atoms with Gasteiger partial charge in [-0.2, -0.15) is 0 Å². The van der Waals surface area contributed by atoms with Gasteiger partial charge >= 0.3 is 5.97 Å². The van der Waals surface area contributed by atoms with Crippen molar-refractivity contribution in [3.8, 4) is 0 Å². The van der Waals surface area contributed by atoms with E-state index in [0.29, 0.717) is 0 Å². The number of carboxylic acid groups (broad SMARTS) is 1. The molecule has 1 amide bonds. The van der Waals surface area contributed by atoms with Gasteiger partial charge in [0.1, 0.15) is 6.10 Å². The number of rotatable bonds is 2. The Bertz CT molecular complexity index is 167. The van der Waals surface area contributed by atoms with Gasteiger partial charge in [0.05, 0.1) is 12.8 Å². The van der Waals surface area contributed by atoms with Gasteiger partial charge in [0.25, 0.3) is 0 Å². The van der Waals surface area contributed by atoms with E-state index in [0.717, 1.165) is 0 Å². The molecular weight excluding hydrogens is 138 g/mol. The summed E-state index contributed by atoms with van der Waals surface area (Å²) in [6, 6.07) is 0. The van der Waals surface area contributed by atoms with Crippen molar-refractivity contribution in [2.45, 2.75) is 18.9 Å². The van der Waals surface area contributed by atoms with E-state index in [9.17, 15) is 9.59 Å². The van der Waals surface area contributed by atoms with Gasteiger partial charge in [0.2, 0.25) is 5.91 Å². The van der Waals surface area contributed by atoms with Crippen LogP contribution in [0, 0.1) is 0 Å². The molecule has 0 aromatic carbocycles. The lowest BCUT2D eigenvalue weighted by Crippen LogP contribution is -2.14. The predicted octanol–water partition coefficient (Wildman–Crippen LogP) is -0.719. The lowest BCUT2D eigenvalue weighted by Gasteiger charge is -1.99. The van der Waals surface area contributed by atoms with Crippen LogP contribution in [0.15, 0.2) is 0 Å². The van der Waals surface area contributed by atoms with Gasteiger partial charge in [-0.25, -0.2) is 5.48 Å². The van der Waals surface area contributed by atoms with Gasteiger partial charge in [0.15, 0.2) is 0 Å². The Morgan fingerprint density at radius 2 is 2.60 bits per heavy atom. The number of hydroxylamine groups is 1. The van der Waals surface area contributed by atoms with E-state index in [1.165, 1.54) is 0 Å². The van der Waals surface area contributed by atoms with Crippen molar-refractivity contribution in [1.82, 2.24) is 5.48 Å². The molecule has 5 nitrogen and oxygen atoms in total. The summed E-state index contributed by atoms with van der Waals surface area (Å²) in [6.07, 6.45) is -0.476. The highest BCUT2D eigenvalue weighted by molar-refractivity contribution is 5.78. The summed E-state index contributed by atoms with van der Waals surface area (Å²) in [5.41, 5.74) is 2.07. The Morgan fingerprint density at radius 1 is 1.90 bits per heavy atom. The first kappa shape index (κ1) is 7.01. The summed E-state index contributed by atoms with van der Waals surface area (Å²) in [7, 11) is 0. The molecule has 1 unspecified atom stereocenters. The Balaban J connectivity index is 2.31. The molecule has 10 heavy (non-hydrogen) atoms. The molecule has 1 saturated heterocycles. The third kappa shape index (κ3) is 1.70. The molecule has 0 bridgehead atoms. The minimum Gasteiger partial charge on any atom is -0.481 e. The second kappa shape index (κ2) is 2.66. The van der Waals surface area contributed by atoms with Crippen LogP contribution in [0.2, 0.25) is 0 Å². The first-order chi connectivity index (χ1) is 4.68. The van der Waals surface area contributed by atoms with Gasteiger partial charge in [-0.3, -0.25) is 14.4 Å². The van der Waals surface area contributed by atoms with Gasteiger partial charge in [-0.1, -0.05) is 0 Å². The quantitative estimate of drug-likeness (QED) is 0.537. The zero-order valence-electron chi connectivity index (χ0n) is 5.16. The molecular formula is C5H7NO4. The molecule has 0 saturated carbocycles. The average Bonchev–Trinajstić information content (AvgIpc) is 2.13. The maximum atomic E-state index is 10.4. The van der Waals surface area contributed by atoms with Crippen molar-refractivity contribution < 1.29 is 19.5 Å². The highest BCUT2D eigenvalue weighted by atomic mass is 16.7. The zero-order valence-corrected chi connectivity index (χ0v) is 5.16. The number of nitrogens with one attached hydrogen (secondary N) is 1. The maximum absolute atomic E-state index is 10.4. The van der Waals surface area contributed by atoms with Crippen LogP contribution in [0.3, 0.4) is 0 Å². The van der Waals surface area contributed by atoms with Crippen molar-refractivity contribution in [1.29, 1.82) is 0 Å². The predicted molar refractivity (Wildman–Crippen MR) is 29.9 cm³/mol. The third-order valence-electron chi connectivity index (χ3n) is 1.15. The Hall–Kier alpha value is -1.10. The fraction of sp³-hybridized carbons (Fsp3) is 0.600. The highest BCUT2D eigenvalue weighted by Crippen LogP contribution is 2.07. The van der Waals surface area contributed by atoms with Crippen LogP contribution >= 0.6 is 0 Å². The van der Waals surface area contributed by atoms with Crippen molar-refractivity contribution in [3.63, 3.8) is 0 Å². The van der Waals surface area contributed by atoms with Gasteiger partial charge < -0.3 is 5.11 Å². The second-order valence-electron chi connectivity index (χ2n) is 2.07. The Morgan fingerprint density at radius 3 is 3.00 bits per heavy atom. The fourth-order valence-electron chi connectivity index (χ4n) is 0.748. The Kier molecular flexibility index (Phi) is 1.86. The SMILES string of the molecule is O=C(O)CC1CC(=O)NO1. The molecule has 0 aliphatic carbocycles. The van der Waals surface area contributed by atoms with E-state index in [1.54, 1.807) is 0 Å². The normalized spacial score (nSPS) is 24.4. The molecule has 5 heteroatoms. The van der Waals surface area contributed by atoms with Crippen LogP contribution < -0.4 is 5.48 Å². The Labute approximate surface area is 56.9 Å². The van der Waals surface area contributed by atoms with Gasteiger partial charge in [-0.15, -0.1) is 0 Å². The van der Waals surface area contributed by atoms with Crippen LogP contribution in [-0.4, -0.2) is 23.1 Å². The van der Waals surface area contributed by atoms with E-state index in [2.05, 4.69) is 10.3 Å². The summed E-state index contributed by atoms with van der Waals surface area (Å²) >= 11 is 0. The van der Waals surface area contributed by atoms with E-state index < -0.39 is 12.1 Å². The topological polar surface area (TPSA) is 75.6 Å². The van der Waals surface area contributed by atoms with Crippen molar-refractivity contribution in [2.24, 2.45) is 0 Å². The van der Waals surface area contributed by atoms with Crippen LogP contribution in [0.1, 0.15) is 12.8 Å². The molecule has 1 aliphatic rings. The maximum Gasteiger partial charge on any atom is 0.306 e. The average molecular weight is 145 g/mol. The standard InChI is InChI=1S/C5H7NO4/c7-4-1-3(10-6-4)2-5(8)9/h3H,1-2H2,(H,6,7)(H,8,9). The monoisotopic (exact) mass is 145 g/mol. The van der Waals surface area contributed by atoms with Crippen LogP contribution in [0.4, 0.5) is 0 Å². The number of amides is 1. The summed E-state index contributed by atoms with van der Waals surface area (Å²) in [6.45, 7) is 0. The van der Waals surface area contributed by atoms with Crippen molar-refractivity contribution in [3.05, 3.63) is 0 Å². The minimum absolute atomic E-state index is 0.126. The van der Waals surface area contributed by atoms with E-state index >= 15 is 0 Å². The first-order valence-electron chi connectivity index (χ1n) is 2.85. The van der Waals surface area contributed by atoms with Crippen LogP contribution in [0.5, 0.6) is 0 Å². The number of aliphatic carboxylic acids is 1. The van der Waals surface area contributed by atoms with Crippen LogP contribution in [0.25, 0.3) is 0 Å². The summed E-state index contributed by atoms with van der Waals surface area (Å²) in [5, 5.41) is 8.24. The van der Waals surface area contributed by atoms with Crippen molar-refractivity contribution in [2.75, 3.05) is 0 Å². The highest BCUT2D eigenvalue weighted by Gasteiger charge is 2.24. The van der Waals surface area contributed by atoms with E-state index in [1.807, 2.05) is 0 Å². The zero-order chi connectivity index (χ0) is 7.56. The lowest BCUT2D eigenvalue weighted by atomic mass is 10.2. The molecule has 0 radical (unpaired) electrons. The largest absolute Gasteiger partial charge is 0.481 e. The number of carbonyl (C=O) groups excluding carboxylic acids is 1. The van der Waals surface area contributed by atoms with Gasteiger partial charge in [-0.05, 0) is 0 Å². The number of hydrogen-bond donors (Lipinski definition) is 2. The summed E-state index contributed by atoms with van der Waals surface area (Å²) in [4.78, 5) is 25.0. The summed E-state index contributed by atoms with van der Waals surface area (Å²) in [5.74, 6) is -1.22.